The molecule has 4 unspecified atom stereocenters. The summed E-state index contributed by atoms with van der Waals surface area (Å²) in [5, 5.41) is 0.0752. The fourth-order valence-corrected chi connectivity index (χ4v) is 6.03. The van der Waals surface area contributed by atoms with E-state index >= 15 is 0 Å². The molecule has 5 rings (SSSR count). The summed E-state index contributed by atoms with van der Waals surface area (Å²) in [6, 6.07) is 7.22. The molecule has 2 aliphatic rings. The highest BCUT2D eigenvalue weighted by Gasteiger charge is 2.27. The minimum absolute atomic E-state index is 0.0369. The molecule has 1 aliphatic heterocycles. The number of methoxy groups -OCH3 is 1. The number of anilines is 2. The maximum atomic E-state index is 14.7. The molecule has 0 saturated carbocycles. The lowest BCUT2D eigenvalue weighted by Crippen LogP contribution is -2.47. The van der Waals surface area contributed by atoms with Gasteiger partial charge in [0.05, 0.1) is 42.5 Å². The summed E-state index contributed by atoms with van der Waals surface area (Å²) in [7, 11) is 1.53. The Labute approximate surface area is 242 Å². The number of allylic oxidation sites excluding steroid dienone is 1. The standard InChI is InChI=1S/C29H35FN6O4S/c1-4-18-5-8-26(23(30)11-18)41-34-25-13-20(14-32-27(25)39-3)19-6-7-24-22(12-19)28(38)36(29(31)33-24)16-21-15-35(17(2)37)9-10-40-21/h5-8,12-14,18,21,23,26,34H,4,9-11,15-16H2,1-3H3,(H2,31,33). The fourth-order valence-electron chi connectivity index (χ4n) is 5.20. The predicted molar refractivity (Wildman–Crippen MR) is 160 cm³/mol. The Bertz CT molecular complexity index is 1510. The number of ether oxygens (including phenoxy) is 2. The molecule has 3 aromatic rings. The zero-order valence-corrected chi connectivity index (χ0v) is 24.2. The lowest BCUT2D eigenvalue weighted by Gasteiger charge is -2.32. The lowest BCUT2D eigenvalue weighted by molar-refractivity contribution is -0.136. The Balaban J connectivity index is 1.40. The maximum Gasteiger partial charge on any atom is 0.262 e. The molecular formula is C29H35FN6O4S. The van der Waals surface area contributed by atoms with Crippen LogP contribution in [0.1, 0.15) is 26.7 Å². The zero-order chi connectivity index (χ0) is 29.1. The number of nitrogens with one attached hydrogen (secondary N) is 1. The van der Waals surface area contributed by atoms with E-state index in [-0.39, 0.29) is 41.2 Å². The van der Waals surface area contributed by atoms with Crippen molar-refractivity contribution in [3.63, 3.8) is 0 Å². The van der Waals surface area contributed by atoms with Gasteiger partial charge in [-0.1, -0.05) is 25.1 Å². The number of aromatic nitrogens is 3. The second kappa shape index (κ2) is 12.5. The van der Waals surface area contributed by atoms with Crippen LogP contribution < -0.4 is 20.8 Å². The van der Waals surface area contributed by atoms with Crippen LogP contribution in [-0.4, -0.2) is 69.7 Å². The molecule has 2 aromatic heterocycles. The minimum Gasteiger partial charge on any atom is -0.480 e. The van der Waals surface area contributed by atoms with Gasteiger partial charge < -0.3 is 24.8 Å². The number of fused-ring (bicyclic) bond motifs is 1. The number of hydrogen-bond donors (Lipinski definition) is 2. The number of nitrogens with two attached hydrogens (primary N) is 1. The van der Waals surface area contributed by atoms with Crippen LogP contribution in [0.3, 0.4) is 0 Å². The van der Waals surface area contributed by atoms with Gasteiger partial charge in [0, 0.05) is 31.8 Å². The SMILES string of the molecule is CCC1C=CC(SNc2cc(-c3ccc4nc(N)n(CC5CN(C(C)=O)CCO5)c(=O)c4c3)cnc2OC)C(F)C1. The average Bonchev–Trinajstić information content (AvgIpc) is 2.98. The van der Waals surface area contributed by atoms with E-state index in [0.717, 1.165) is 17.5 Å². The first-order valence-corrected chi connectivity index (χ1v) is 14.6. The molecule has 12 heteroatoms. The molecule has 1 amide bonds. The number of nitrogens with zero attached hydrogens (tertiary/aromatic N) is 4. The van der Waals surface area contributed by atoms with Gasteiger partial charge in [-0.25, -0.2) is 14.4 Å². The van der Waals surface area contributed by atoms with Crippen molar-refractivity contribution < 1.29 is 18.7 Å². The van der Waals surface area contributed by atoms with Gasteiger partial charge in [0.25, 0.3) is 5.56 Å². The minimum atomic E-state index is -0.947. The van der Waals surface area contributed by atoms with Gasteiger partial charge in [0.1, 0.15) is 11.9 Å². The van der Waals surface area contributed by atoms with Crippen molar-refractivity contribution in [3.8, 4) is 17.0 Å². The third kappa shape index (κ3) is 6.33. The number of amides is 1. The maximum absolute atomic E-state index is 14.7. The van der Waals surface area contributed by atoms with E-state index in [9.17, 15) is 14.0 Å². The van der Waals surface area contributed by atoms with Gasteiger partial charge in [-0.2, -0.15) is 0 Å². The third-order valence-corrected chi connectivity index (χ3v) is 8.68. The molecule has 3 N–H and O–H groups in total. The van der Waals surface area contributed by atoms with Gasteiger partial charge in [0.15, 0.2) is 0 Å². The van der Waals surface area contributed by atoms with Crippen molar-refractivity contribution >= 4 is 40.4 Å². The first kappa shape index (κ1) is 28.9. The van der Waals surface area contributed by atoms with E-state index in [1.54, 1.807) is 23.2 Å². The average molecular weight is 583 g/mol. The van der Waals surface area contributed by atoms with Crippen LogP contribution in [0.2, 0.25) is 0 Å². The van der Waals surface area contributed by atoms with Crippen LogP contribution in [-0.2, 0) is 16.1 Å². The van der Waals surface area contributed by atoms with Crippen molar-refractivity contribution in [3.05, 3.63) is 53.0 Å². The van der Waals surface area contributed by atoms with Gasteiger partial charge >= 0.3 is 0 Å². The first-order valence-electron chi connectivity index (χ1n) is 13.7. The number of rotatable bonds is 8. The highest BCUT2D eigenvalue weighted by molar-refractivity contribution is 8.01. The number of nitrogen functional groups attached to an aromatic ring is 1. The number of hydrogen-bond acceptors (Lipinski definition) is 9. The van der Waals surface area contributed by atoms with Crippen molar-refractivity contribution in [2.24, 2.45) is 5.92 Å². The van der Waals surface area contributed by atoms with Crippen LogP contribution in [0.4, 0.5) is 16.0 Å². The molecule has 1 aromatic carbocycles. The monoisotopic (exact) mass is 582 g/mol. The van der Waals surface area contributed by atoms with Crippen molar-refractivity contribution in [2.75, 3.05) is 37.3 Å². The van der Waals surface area contributed by atoms with E-state index in [1.165, 1.54) is 30.5 Å². The van der Waals surface area contributed by atoms with Crippen molar-refractivity contribution in [1.82, 2.24) is 19.4 Å². The molecular weight excluding hydrogens is 547 g/mol. The first-order chi connectivity index (χ1) is 19.8. The zero-order valence-electron chi connectivity index (χ0n) is 23.4. The number of carbonyl (C=O) groups excluding carboxylic acids is 1. The normalized spacial score (nSPS) is 22.6. The van der Waals surface area contributed by atoms with E-state index in [0.29, 0.717) is 48.6 Å². The van der Waals surface area contributed by atoms with E-state index in [4.69, 9.17) is 15.2 Å². The largest absolute Gasteiger partial charge is 0.480 e. The van der Waals surface area contributed by atoms with Crippen molar-refractivity contribution in [1.29, 1.82) is 0 Å². The summed E-state index contributed by atoms with van der Waals surface area (Å²) in [5.74, 6) is 0.702. The van der Waals surface area contributed by atoms with Crippen LogP contribution in [0.15, 0.2) is 47.4 Å². The Morgan fingerprint density at radius 2 is 2.12 bits per heavy atom. The Hall–Kier alpha value is -3.64. The molecule has 1 saturated heterocycles. The molecule has 0 radical (unpaired) electrons. The number of halogens is 1. The molecule has 1 fully saturated rings. The molecule has 1 aliphatic carbocycles. The topological polar surface area (TPSA) is 125 Å². The number of morpholine rings is 1. The molecule has 0 spiro atoms. The summed E-state index contributed by atoms with van der Waals surface area (Å²) in [4.78, 5) is 36.0. The Morgan fingerprint density at radius 1 is 1.29 bits per heavy atom. The van der Waals surface area contributed by atoms with Crippen LogP contribution in [0.5, 0.6) is 5.88 Å². The summed E-state index contributed by atoms with van der Waals surface area (Å²) in [6.07, 6.45) is 5.79. The van der Waals surface area contributed by atoms with Gasteiger partial charge in [0.2, 0.25) is 17.7 Å². The summed E-state index contributed by atoms with van der Waals surface area (Å²) in [5.41, 5.74) is 8.44. The predicted octanol–water partition coefficient (Wildman–Crippen LogP) is 4.05. The summed E-state index contributed by atoms with van der Waals surface area (Å²) < 4.78 is 30.6. The van der Waals surface area contributed by atoms with Crippen molar-refractivity contribution in [2.45, 2.75) is 50.8 Å². The molecule has 41 heavy (non-hydrogen) atoms. The number of carbonyl (C=O) groups is 1. The molecule has 218 valence electrons. The summed E-state index contributed by atoms with van der Waals surface area (Å²) >= 11 is 1.29. The molecule has 3 heterocycles. The van der Waals surface area contributed by atoms with Crippen LogP contribution in [0.25, 0.3) is 22.0 Å². The number of pyridine rings is 1. The molecule has 0 bridgehead atoms. The second-order valence-corrected chi connectivity index (χ2v) is 11.3. The molecule has 4 atom stereocenters. The number of benzene rings is 1. The second-order valence-electron chi connectivity index (χ2n) is 10.3. The highest BCUT2D eigenvalue weighted by Crippen LogP contribution is 2.35. The smallest absolute Gasteiger partial charge is 0.262 e. The Morgan fingerprint density at radius 3 is 2.85 bits per heavy atom. The molecule has 10 nitrogen and oxygen atoms in total. The van der Waals surface area contributed by atoms with E-state index < -0.39 is 6.17 Å². The van der Waals surface area contributed by atoms with Gasteiger partial charge in [-0.15, -0.1) is 0 Å². The fraction of sp³-hybridized carbons (Fsp3) is 0.448. The van der Waals surface area contributed by atoms with Gasteiger partial charge in [-0.05, 0) is 54.5 Å². The van der Waals surface area contributed by atoms with Crippen LogP contribution >= 0.6 is 11.9 Å². The van der Waals surface area contributed by atoms with Crippen LogP contribution in [0, 0.1) is 5.92 Å². The Kier molecular flexibility index (Phi) is 8.79. The summed E-state index contributed by atoms with van der Waals surface area (Å²) in [6.45, 7) is 5.06. The van der Waals surface area contributed by atoms with Gasteiger partial charge in [-0.3, -0.25) is 14.2 Å². The lowest BCUT2D eigenvalue weighted by atomic mass is 9.92. The highest BCUT2D eigenvalue weighted by atomic mass is 32.2. The van der Waals surface area contributed by atoms with E-state index in [1.807, 2.05) is 18.2 Å². The van der Waals surface area contributed by atoms with E-state index in [2.05, 4.69) is 27.7 Å². The quantitative estimate of drug-likeness (QED) is 0.299. The third-order valence-electron chi connectivity index (χ3n) is 7.62. The number of alkyl halides is 1.